The number of unbranched alkanes of at least 4 members (excludes halogenated alkanes) is 1. The fraction of sp³-hybridized carbons (Fsp3) is 0.833. The van der Waals surface area contributed by atoms with Crippen LogP contribution in [-0.2, 0) is 19.8 Å². The Morgan fingerprint density at radius 1 is 1.38 bits per heavy atom. The first-order chi connectivity index (χ1) is 9.80. The Balaban J connectivity index is 3.01. The van der Waals surface area contributed by atoms with E-state index in [1.807, 2.05) is 6.92 Å². The number of carboxylic acid groups (broad SMARTS) is 1. The SMILES string of the molecule is CCCCN(CC(N)=O)S(=O)(=O)N1CCCCC1C(=O)O. The third-order valence-electron chi connectivity index (χ3n) is 3.45. The lowest BCUT2D eigenvalue weighted by atomic mass is 10.1. The van der Waals surface area contributed by atoms with Crippen molar-refractivity contribution < 1.29 is 23.1 Å². The van der Waals surface area contributed by atoms with Gasteiger partial charge >= 0.3 is 5.97 Å². The molecule has 1 unspecified atom stereocenters. The van der Waals surface area contributed by atoms with Crippen molar-refractivity contribution in [1.82, 2.24) is 8.61 Å². The lowest BCUT2D eigenvalue weighted by molar-refractivity contribution is -0.142. The molecule has 1 saturated heterocycles. The molecule has 0 aliphatic carbocycles. The molecule has 3 N–H and O–H groups in total. The standard InChI is InChI=1S/C12H23N3O5S/c1-2-3-7-14(9-11(13)16)21(19,20)15-8-5-4-6-10(15)12(17)18/h10H,2-9H2,1H3,(H2,13,16)(H,17,18). The van der Waals surface area contributed by atoms with Gasteiger partial charge in [0.05, 0.1) is 6.54 Å². The summed E-state index contributed by atoms with van der Waals surface area (Å²) in [6.45, 7) is 1.78. The summed E-state index contributed by atoms with van der Waals surface area (Å²) in [6.07, 6.45) is 2.91. The maximum Gasteiger partial charge on any atom is 0.322 e. The minimum atomic E-state index is -4.00. The number of hydrogen-bond donors (Lipinski definition) is 2. The number of amides is 1. The number of rotatable bonds is 8. The van der Waals surface area contributed by atoms with Crippen molar-refractivity contribution in [3.05, 3.63) is 0 Å². The zero-order chi connectivity index (χ0) is 16.0. The maximum atomic E-state index is 12.6. The van der Waals surface area contributed by atoms with Crippen molar-refractivity contribution in [1.29, 1.82) is 0 Å². The quantitative estimate of drug-likeness (QED) is 0.639. The first-order valence-corrected chi connectivity index (χ1v) is 8.48. The lowest BCUT2D eigenvalue weighted by Crippen LogP contribution is -2.54. The average molecular weight is 321 g/mol. The minimum absolute atomic E-state index is 0.153. The fourth-order valence-electron chi connectivity index (χ4n) is 2.36. The predicted molar refractivity (Wildman–Crippen MR) is 76.6 cm³/mol. The largest absolute Gasteiger partial charge is 0.480 e. The van der Waals surface area contributed by atoms with E-state index >= 15 is 0 Å². The summed E-state index contributed by atoms with van der Waals surface area (Å²) in [7, 11) is -4.00. The van der Waals surface area contributed by atoms with Gasteiger partial charge in [-0.1, -0.05) is 13.3 Å². The number of aliphatic carboxylic acids is 1. The van der Waals surface area contributed by atoms with Gasteiger partial charge < -0.3 is 10.8 Å². The first kappa shape index (κ1) is 17.9. The van der Waals surface area contributed by atoms with Gasteiger partial charge in [0, 0.05) is 13.1 Å². The molecule has 0 radical (unpaired) electrons. The molecule has 1 aliphatic heterocycles. The minimum Gasteiger partial charge on any atom is -0.480 e. The van der Waals surface area contributed by atoms with Crippen molar-refractivity contribution in [3.8, 4) is 0 Å². The second kappa shape index (κ2) is 7.71. The Bertz CT molecular complexity index is 479. The van der Waals surface area contributed by atoms with Gasteiger partial charge in [0.2, 0.25) is 5.91 Å². The Hall–Kier alpha value is -1.19. The molecule has 1 fully saturated rings. The Morgan fingerprint density at radius 2 is 2.05 bits per heavy atom. The van der Waals surface area contributed by atoms with Gasteiger partial charge in [0.1, 0.15) is 6.04 Å². The smallest absolute Gasteiger partial charge is 0.322 e. The van der Waals surface area contributed by atoms with Crippen LogP contribution in [0.4, 0.5) is 0 Å². The molecular weight excluding hydrogens is 298 g/mol. The van der Waals surface area contributed by atoms with E-state index in [0.29, 0.717) is 19.3 Å². The molecular formula is C12H23N3O5S. The zero-order valence-corrected chi connectivity index (χ0v) is 13.0. The predicted octanol–water partition coefficient (Wildman–Crippen LogP) is -0.242. The van der Waals surface area contributed by atoms with E-state index in [1.165, 1.54) is 0 Å². The van der Waals surface area contributed by atoms with Gasteiger partial charge in [0.25, 0.3) is 10.2 Å². The molecule has 1 heterocycles. The summed E-state index contributed by atoms with van der Waals surface area (Å²) in [6, 6.07) is -1.07. The number of primary amides is 1. The first-order valence-electron chi connectivity index (χ1n) is 7.08. The fourth-order valence-corrected chi connectivity index (χ4v) is 4.18. The van der Waals surface area contributed by atoms with E-state index in [1.54, 1.807) is 0 Å². The highest BCUT2D eigenvalue weighted by atomic mass is 32.2. The van der Waals surface area contributed by atoms with E-state index in [0.717, 1.165) is 15.0 Å². The Morgan fingerprint density at radius 3 is 2.57 bits per heavy atom. The Kier molecular flexibility index (Phi) is 6.56. The van der Waals surface area contributed by atoms with Gasteiger partial charge in [-0.3, -0.25) is 9.59 Å². The molecule has 1 aliphatic rings. The third-order valence-corrected chi connectivity index (χ3v) is 5.45. The zero-order valence-electron chi connectivity index (χ0n) is 12.2. The summed E-state index contributed by atoms with van der Waals surface area (Å²) in [5, 5.41) is 9.20. The van der Waals surface area contributed by atoms with Gasteiger partial charge in [-0.05, 0) is 25.7 Å². The summed E-state index contributed by atoms with van der Waals surface area (Å²) in [4.78, 5) is 22.4. The number of piperidine rings is 1. The molecule has 9 heteroatoms. The van der Waals surface area contributed by atoms with E-state index in [-0.39, 0.29) is 19.5 Å². The molecule has 1 atom stereocenters. The summed E-state index contributed by atoms with van der Waals surface area (Å²) in [5.41, 5.74) is 5.11. The summed E-state index contributed by atoms with van der Waals surface area (Å²) < 4.78 is 27.2. The highest BCUT2D eigenvalue weighted by Crippen LogP contribution is 2.23. The highest BCUT2D eigenvalue weighted by Gasteiger charge is 2.40. The average Bonchev–Trinajstić information content (AvgIpc) is 2.42. The molecule has 1 amide bonds. The van der Waals surface area contributed by atoms with Crippen molar-refractivity contribution >= 4 is 22.1 Å². The van der Waals surface area contributed by atoms with Gasteiger partial charge in [-0.25, -0.2) is 0 Å². The molecule has 1 rings (SSSR count). The number of carbonyl (C=O) groups is 2. The van der Waals surface area contributed by atoms with Crippen molar-refractivity contribution in [2.75, 3.05) is 19.6 Å². The molecule has 0 bridgehead atoms. The van der Waals surface area contributed by atoms with Crippen LogP contribution >= 0.6 is 0 Å². The third kappa shape index (κ3) is 4.65. The van der Waals surface area contributed by atoms with Crippen LogP contribution < -0.4 is 5.73 Å². The summed E-state index contributed by atoms with van der Waals surface area (Å²) >= 11 is 0. The Labute approximate surface area is 125 Å². The normalized spacial score (nSPS) is 20.6. The van der Waals surface area contributed by atoms with E-state index in [2.05, 4.69) is 0 Å². The van der Waals surface area contributed by atoms with E-state index < -0.39 is 34.7 Å². The second-order valence-corrected chi connectivity index (χ2v) is 7.00. The van der Waals surface area contributed by atoms with E-state index in [4.69, 9.17) is 5.73 Å². The number of nitrogens with zero attached hydrogens (tertiary/aromatic N) is 2. The van der Waals surface area contributed by atoms with Crippen LogP contribution in [0.15, 0.2) is 0 Å². The van der Waals surface area contributed by atoms with Crippen LogP contribution in [0.1, 0.15) is 39.0 Å². The van der Waals surface area contributed by atoms with Gasteiger partial charge in [0.15, 0.2) is 0 Å². The molecule has 0 aromatic carbocycles. The molecule has 21 heavy (non-hydrogen) atoms. The van der Waals surface area contributed by atoms with Crippen molar-refractivity contribution in [2.24, 2.45) is 5.73 Å². The van der Waals surface area contributed by atoms with Crippen LogP contribution in [0.25, 0.3) is 0 Å². The second-order valence-electron chi connectivity index (χ2n) is 5.12. The van der Waals surface area contributed by atoms with Gasteiger partial charge in [-0.15, -0.1) is 0 Å². The lowest BCUT2D eigenvalue weighted by Gasteiger charge is -2.35. The molecule has 0 aromatic heterocycles. The molecule has 0 spiro atoms. The molecule has 0 aromatic rings. The summed E-state index contributed by atoms with van der Waals surface area (Å²) in [5.74, 6) is -1.91. The number of nitrogens with two attached hydrogens (primary N) is 1. The van der Waals surface area contributed by atoms with Crippen LogP contribution in [0.5, 0.6) is 0 Å². The monoisotopic (exact) mass is 321 g/mol. The van der Waals surface area contributed by atoms with E-state index in [9.17, 15) is 23.1 Å². The molecule has 0 saturated carbocycles. The van der Waals surface area contributed by atoms with Crippen molar-refractivity contribution in [3.63, 3.8) is 0 Å². The van der Waals surface area contributed by atoms with Crippen molar-refractivity contribution in [2.45, 2.75) is 45.1 Å². The van der Waals surface area contributed by atoms with Crippen LogP contribution in [-0.4, -0.2) is 59.7 Å². The molecule has 8 nitrogen and oxygen atoms in total. The van der Waals surface area contributed by atoms with Crippen LogP contribution in [0, 0.1) is 0 Å². The van der Waals surface area contributed by atoms with Crippen LogP contribution in [0.3, 0.4) is 0 Å². The maximum absolute atomic E-state index is 12.6. The number of carbonyl (C=O) groups excluding carboxylic acids is 1. The number of hydrogen-bond acceptors (Lipinski definition) is 4. The highest BCUT2D eigenvalue weighted by molar-refractivity contribution is 7.86. The number of carboxylic acids is 1. The van der Waals surface area contributed by atoms with Gasteiger partial charge in [-0.2, -0.15) is 17.0 Å². The molecule has 122 valence electrons. The topological polar surface area (TPSA) is 121 Å². The van der Waals surface area contributed by atoms with Crippen LogP contribution in [0.2, 0.25) is 0 Å².